The van der Waals surface area contributed by atoms with Crippen molar-refractivity contribution in [1.82, 2.24) is 0 Å². The van der Waals surface area contributed by atoms with Crippen molar-refractivity contribution in [2.45, 2.75) is 19.8 Å². The quantitative estimate of drug-likeness (QED) is 0.351. The highest BCUT2D eigenvalue weighted by Crippen LogP contribution is 2.18. The lowest BCUT2D eigenvalue weighted by molar-refractivity contribution is -0.136. The number of nitrogens with one attached hydrogen (secondary N) is 2. The first-order chi connectivity index (χ1) is 9.43. The maximum Gasteiger partial charge on any atom is 0.303 e. The molecule has 0 spiro atoms. The monoisotopic (exact) mass is 273 g/mol. The minimum atomic E-state index is -0.860. The largest absolute Gasteiger partial charge is 0.481 e. The topological polar surface area (TPSA) is 135 Å². The van der Waals surface area contributed by atoms with Gasteiger partial charge in [0.05, 0.1) is 5.69 Å². The van der Waals surface area contributed by atoms with Gasteiger partial charge in [-0.2, -0.15) is 10.4 Å². The van der Waals surface area contributed by atoms with Gasteiger partial charge in [-0.3, -0.25) is 15.6 Å². The number of aliphatic carboxylic acids is 1. The molecule has 1 aromatic rings. The van der Waals surface area contributed by atoms with Crippen LogP contribution >= 0.6 is 0 Å². The Balaban J connectivity index is 2.89. The van der Waals surface area contributed by atoms with Crippen molar-refractivity contribution < 1.29 is 9.90 Å². The molecule has 5 N–H and O–H groups in total. The molecule has 104 valence electrons. The number of anilines is 1. The lowest BCUT2D eigenvalue weighted by atomic mass is 10.1. The number of rotatable bonds is 6. The summed E-state index contributed by atoms with van der Waals surface area (Å²) in [5.74, 6) is -1.28. The van der Waals surface area contributed by atoms with E-state index in [4.69, 9.17) is 21.5 Å². The Labute approximate surface area is 116 Å². The molecule has 0 amide bonds. The smallest absolute Gasteiger partial charge is 0.303 e. The summed E-state index contributed by atoms with van der Waals surface area (Å²) in [4.78, 5) is 10.5. The van der Waals surface area contributed by atoms with Crippen LogP contribution in [0.3, 0.4) is 0 Å². The van der Waals surface area contributed by atoms with Crippen molar-refractivity contribution in [3.05, 3.63) is 29.3 Å². The SMILES string of the molecule is Cc1ccc(CCC(=O)O)cc1N/N=C(\C#N)C(=N)N. The van der Waals surface area contributed by atoms with E-state index in [1.165, 1.54) is 0 Å². The fraction of sp³-hybridized carbons (Fsp3) is 0.231. The van der Waals surface area contributed by atoms with E-state index in [9.17, 15) is 4.79 Å². The Bertz CT molecular complexity index is 601. The highest BCUT2D eigenvalue weighted by atomic mass is 16.4. The average molecular weight is 273 g/mol. The Morgan fingerprint density at radius 3 is 2.85 bits per heavy atom. The molecule has 7 heteroatoms. The van der Waals surface area contributed by atoms with Gasteiger partial charge in [-0.15, -0.1) is 0 Å². The van der Waals surface area contributed by atoms with Crippen LogP contribution in [0.25, 0.3) is 0 Å². The molecule has 0 fully saturated rings. The van der Waals surface area contributed by atoms with E-state index in [0.717, 1.165) is 11.1 Å². The molecule has 0 bridgehead atoms. The van der Waals surface area contributed by atoms with Crippen molar-refractivity contribution >= 4 is 23.2 Å². The second-order valence-corrected chi connectivity index (χ2v) is 4.14. The fourth-order valence-electron chi connectivity index (χ4n) is 1.46. The van der Waals surface area contributed by atoms with Crippen LogP contribution in [-0.2, 0) is 11.2 Å². The van der Waals surface area contributed by atoms with Gasteiger partial charge in [-0.05, 0) is 30.5 Å². The highest BCUT2D eigenvalue weighted by molar-refractivity contribution is 6.45. The maximum absolute atomic E-state index is 10.5. The van der Waals surface area contributed by atoms with Gasteiger partial charge >= 0.3 is 5.97 Å². The zero-order valence-electron chi connectivity index (χ0n) is 11.0. The van der Waals surface area contributed by atoms with E-state index in [-0.39, 0.29) is 12.1 Å². The molecular formula is C13H15N5O2. The van der Waals surface area contributed by atoms with Crippen LogP contribution in [0.4, 0.5) is 5.69 Å². The standard InChI is InChI=1S/C13H15N5O2/c1-8-2-3-9(4-5-12(19)20)6-10(8)17-18-11(7-14)13(15)16/h2-3,6,17H,4-5H2,1H3,(H3,15,16)(H,19,20)/b18-11+. The van der Waals surface area contributed by atoms with Gasteiger partial charge in [0.1, 0.15) is 6.07 Å². The van der Waals surface area contributed by atoms with E-state index in [1.807, 2.05) is 19.1 Å². The number of hydrazone groups is 1. The second-order valence-electron chi connectivity index (χ2n) is 4.14. The van der Waals surface area contributed by atoms with Gasteiger partial charge in [-0.25, -0.2) is 0 Å². The predicted molar refractivity (Wildman–Crippen MR) is 75.7 cm³/mol. The molecule has 0 saturated heterocycles. The number of hydrogen-bond acceptors (Lipinski definition) is 5. The highest BCUT2D eigenvalue weighted by Gasteiger charge is 2.05. The van der Waals surface area contributed by atoms with Gasteiger partial charge in [0, 0.05) is 6.42 Å². The molecule has 0 aliphatic heterocycles. The maximum atomic E-state index is 10.5. The van der Waals surface area contributed by atoms with Crippen LogP contribution in [0.5, 0.6) is 0 Å². The molecule has 1 aromatic carbocycles. The van der Waals surface area contributed by atoms with Crippen LogP contribution in [0, 0.1) is 23.7 Å². The van der Waals surface area contributed by atoms with Crippen molar-refractivity contribution in [2.24, 2.45) is 10.8 Å². The number of hydrogen-bond donors (Lipinski definition) is 4. The molecule has 0 radical (unpaired) electrons. The Kier molecular flexibility index (Phi) is 5.23. The fourth-order valence-corrected chi connectivity index (χ4v) is 1.46. The van der Waals surface area contributed by atoms with Gasteiger partial charge in [0.25, 0.3) is 0 Å². The average Bonchev–Trinajstić information content (AvgIpc) is 2.39. The van der Waals surface area contributed by atoms with Crippen molar-refractivity contribution in [1.29, 1.82) is 10.7 Å². The van der Waals surface area contributed by atoms with Gasteiger partial charge in [-0.1, -0.05) is 12.1 Å². The van der Waals surface area contributed by atoms with Crippen LogP contribution in [0.15, 0.2) is 23.3 Å². The summed E-state index contributed by atoms with van der Waals surface area (Å²) in [6.07, 6.45) is 0.453. The zero-order chi connectivity index (χ0) is 15.1. The first-order valence-electron chi connectivity index (χ1n) is 5.83. The van der Waals surface area contributed by atoms with Gasteiger partial charge in [0.2, 0.25) is 5.71 Å². The molecule has 7 nitrogen and oxygen atoms in total. The summed E-state index contributed by atoms with van der Waals surface area (Å²) in [6, 6.07) is 7.13. The van der Waals surface area contributed by atoms with Crippen LogP contribution in [0.2, 0.25) is 0 Å². The summed E-state index contributed by atoms with van der Waals surface area (Å²) in [6.45, 7) is 1.85. The summed E-state index contributed by atoms with van der Waals surface area (Å²) in [5.41, 5.74) is 10.0. The number of nitrogens with zero attached hydrogens (tertiary/aromatic N) is 2. The minimum absolute atomic E-state index is 0.0443. The lowest BCUT2D eigenvalue weighted by Crippen LogP contribution is -2.22. The van der Waals surface area contributed by atoms with Crippen LogP contribution in [0.1, 0.15) is 17.5 Å². The Morgan fingerprint density at radius 2 is 2.30 bits per heavy atom. The molecule has 0 atom stereocenters. The molecule has 0 aliphatic rings. The molecule has 0 aromatic heterocycles. The van der Waals surface area contributed by atoms with E-state index in [0.29, 0.717) is 12.1 Å². The number of nitriles is 1. The molecule has 20 heavy (non-hydrogen) atoms. The van der Waals surface area contributed by atoms with E-state index in [1.54, 1.807) is 12.1 Å². The summed E-state index contributed by atoms with van der Waals surface area (Å²) < 4.78 is 0. The van der Waals surface area contributed by atoms with Crippen molar-refractivity contribution in [3.8, 4) is 6.07 Å². The molecule has 0 aliphatic carbocycles. The zero-order valence-corrected chi connectivity index (χ0v) is 11.0. The Hall–Kier alpha value is -2.88. The van der Waals surface area contributed by atoms with Crippen molar-refractivity contribution in [3.63, 3.8) is 0 Å². The number of carboxylic acid groups (broad SMARTS) is 1. The number of aryl methyl sites for hydroxylation is 2. The molecule has 0 heterocycles. The van der Waals surface area contributed by atoms with Gasteiger partial charge in [0.15, 0.2) is 5.84 Å². The first kappa shape index (κ1) is 15.2. The third-order valence-electron chi connectivity index (χ3n) is 2.58. The van der Waals surface area contributed by atoms with Crippen LogP contribution in [-0.4, -0.2) is 22.6 Å². The third-order valence-corrected chi connectivity index (χ3v) is 2.58. The molecular weight excluding hydrogens is 258 g/mol. The number of carbonyl (C=O) groups is 1. The van der Waals surface area contributed by atoms with Gasteiger partial charge < -0.3 is 10.8 Å². The van der Waals surface area contributed by atoms with Crippen LogP contribution < -0.4 is 11.2 Å². The van der Waals surface area contributed by atoms with E-state index < -0.39 is 11.8 Å². The van der Waals surface area contributed by atoms with Crippen molar-refractivity contribution in [2.75, 3.05) is 5.43 Å². The lowest BCUT2D eigenvalue weighted by Gasteiger charge is -2.08. The van der Waals surface area contributed by atoms with E-state index in [2.05, 4.69) is 10.5 Å². The summed E-state index contributed by atoms with van der Waals surface area (Å²) in [5, 5.41) is 28.3. The molecule has 0 unspecified atom stereocenters. The first-order valence-corrected chi connectivity index (χ1v) is 5.83. The van der Waals surface area contributed by atoms with E-state index >= 15 is 0 Å². The Morgan fingerprint density at radius 1 is 1.60 bits per heavy atom. The number of carboxylic acids is 1. The minimum Gasteiger partial charge on any atom is -0.481 e. The number of nitrogens with two attached hydrogens (primary N) is 1. The second kappa shape index (κ2) is 6.89. The molecule has 0 saturated carbocycles. The number of benzene rings is 1. The number of amidine groups is 1. The predicted octanol–water partition coefficient (Wildman–Crippen LogP) is 1.24. The molecule has 1 rings (SSSR count). The third kappa shape index (κ3) is 4.42. The summed E-state index contributed by atoms with van der Waals surface area (Å²) >= 11 is 0. The summed E-state index contributed by atoms with van der Waals surface area (Å²) in [7, 11) is 0. The normalized spacial score (nSPS) is 10.7.